The summed E-state index contributed by atoms with van der Waals surface area (Å²) in [6.07, 6.45) is -2.30. The number of alkyl halides is 3. The minimum atomic E-state index is -4.43. The zero-order chi connectivity index (χ0) is 17.6. The molecule has 2 rings (SSSR count). The summed E-state index contributed by atoms with van der Waals surface area (Å²) >= 11 is 5.31. The van der Waals surface area contributed by atoms with Crippen LogP contribution in [0.1, 0.15) is 24.8 Å². The van der Waals surface area contributed by atoms with E-state index in [0.717, 1.165) is 25.0 Å². The number of anilines is 1. The Morgan fingerprint density at radius 2 is 2.25 bits per heavy atom. The highest BCUT2D eigenvalue weighted by atomic mass is 32.1. The average molecular weight is 357 g/mol. The first-order valence-corrected chi connectivity index (χ1v) is 8.04. The van der Waals surface area contributed by atoms with Crippen molar-refractivity contribution in [2.45, 2.75) is 31.5 Å². The second kappa shape index (κ2) is 8.31. The lowest BCUT2D eigenvalue weighted by Gasteiger charge is -2.26. The van der Waals surface area contributed by atoms with Gasteiger partial charge in [-0.25, -0.2) is 0 Å². The summed E-state index contributed by atoms with van der Waals surface area (Å²) in [7, 11) is 0. The fraction of sp³-hybridized carbons (Fsp3) is 0.500. The predicted octanol–water partition coefficient (Wildman–Crippen LogP) is 3.48. The summed E-state index contributed by atoms with van der Waals surface area (Å²) in [6.45, 7) is 1.43. The first-order valence-electron chi connectivity index (χ1n) is 7.63. The fourth-order valence-electron chi connectivity index (χ4n) is 2.46. The Morgan fingerprint density at radius 1 is 1.46 bits per heavy atom. The van der Waals surface area contributed by atoms with Crippen LogP contribution in [0.2, 0.25) is 0 Å². The van der Waals surface area contributed by atoms with Crippen molar-refractivity contribution in [3.05, 3.63) is 29.8 Å². The standard InChI is InChI=1S/C16H18F3N3OS/c17-16(18,19)12-4-1-5-13(10-12)22(8-3-7-20)15(24)21-11-14-6-2-9-23-14/h1,4-5,10,14H,2-3,6,8-9,11H2,(H,21,24)/t14-/m0/s1. The van der Waals surface area contributed by atoms with Gasteiger partial charge in [0.25, 0.3) is 0 Å². The van der Waals surface area contributed by atoms with E-state index in [1.54, 1.807) is 6.07 Å². The van der Waals surface area contributed by atoms with Gasteiger partial charge in [0.2, 0.25) is 0 Å². The number of hydrogen-bond donors (Lipinski definition) is 1. The molecule has 8 heteroatoms. The molecule has 1 aliphatic heterocycles. The second-order valence-electron chi connectivity index (χ2n) is 5.43. The first kappa shape index (κ1) is 18.5. The molecule has 1 aromatic carbocycles. The summed E-state index contributed by atoms with van der Waals surface area (Å²) in [5.41, 5.74) is -0.436. The molecule has 0 spiro atoms. The number of nitrogens with zero attached hydrogens (tertiary/aromatic N) is 2. The number of ether oxygens (including phenoxy) is 1. The van der Waals surface area contributed by atoms with Crippen LogP contribution in [-0.4, -0.2) is 30.9 Å². The molecule has 1 saturated heterocycles. The van der Waals surface area contributed by atoms with Gasteiger partial charge in [-0.05, 0) is 43.3 Å². The molecule has 0 radical (unpaired) electrons. The SMILES string of the molecule is N#CCCN(C(=S)NC[C@@H]1CCCO1)c1cccc(C(F)(F)F)c1. The molecule has 4 nitrogen and oxygen atoms in total. The van der Waals surface area contributed by atoms with Crippen molar-refractivity contribution in [1.82, 2.24) is 5.32 Å². The highest BCUT2D eigenvalue weighted by molar-refractivity contribution is 7.80. The molecule has 1 N–H and O–H groups in total. The van der Waals surface area contributed by atoms with E-state index in [1.807, 2.05) is 6.07 Å². The Labute approximate surface area is 144 Å². The normalized spacial score (nSPS) is 17.3. The number of nitrogens with one attached hydrogen (secondary N) is 1. The molecule has 1 heterocycles. The van der Waals surface area contributed by atoms with Gasteiger partial charge in [0.15, 0.2) is 5.11 Å². The monoisotopic (exact) mass is 357 g/mol. The number of rotatable bonds is 5. The highest BCUT2D eigenvalue weighted by Gasteiger charge is 2.31. The number of thiocarbonyl (C=S) groups is 1. The molecular formula is C16H18F3N3OS. The molecular weight excluding hydrogens is 339 g/mol. The molecule has 1 fully saturated rings. The lowest BCUT2D eigenvalue weighted by molar-refractivity contribution is -0.137. The zero-order valence-corrected chi connectivity index (χ0v) is 13.8. The minimum Gasteiger partial charge on any atom is -0.376 e. The van der Waals surface area contributed by atoms with E-state index in [9.17, 15) is 13.2 Å². The third-order valence-electron chi connectivity index (χ3n) is 3.68. The van der Waals surface area contributed by atoms with Crippen molar-refractivity contribution < 1.29 is 17.9 Å². The number of nitriles is 1. The molecule has 0 saturated carbocycles. The average Bonchev–Trinajstić information content (AvgIpc) is 3.06. The molecule has 1 aromatic rings. The summed E-state index contributed by atoms with van der Waals surface area (Å²) in [6, 6.07) is 6.92. The Kier molecular flexibility index (Phi) is 6.40. The minimum absolute atomic E-state index is 0.0577. The van der Waals surface area contributed by atoms with Crippen LogP contribution in [0, 0.1) is 11.3 Å². The van der Waals surface area contributed by atoms with Gasteiger partial charge in [-0.3, -0.25) is 0 Å². The fourth-order valence-corrected chi connectivity index (χ4v) is 2.74. The summed E-state index contributed by atoms with van der Waals surface area (Å²) in [4.78, 5) is 1.52. The molecule has 1 atom stereocenters. The Bertz CT molecular complexity index is 609. The lowest BCUT2D eigenvalue weighted by atomic mass is 10.2. The molecule has 0 aromatic heterocycles. The quantitative estimate of drug-likeness (QED) is 0.818. The number of halogens is 3. The van der Waals surface area contributed by atoms with Gasteiger partial charge in [-0.2, -0.15) is 18.4 Å². The van der Waals surface area contributed by atoms with Crippen molar-refractivity contribution in [1.29, 1.82) is 5.26 Å². The van der Waals surface area contributed by atoms with Crippen LogP contribution in [0.4, 0.5) is 18.9 Å². The van der Waals surface area contributed by atoms with Gasteiger partial charge in [0, 0.05) is 25.4 Å². The van der Waals surface area contributed by atoms with Gasteiger partial charge in [-0.15, -0.1) is 0 Å². The van der Waals surface area contributed by atoms with Gasteiger partial charge in [-0.1, -0.05) is 6.07 Å². The summed E-state index contributed by atoms with van der Waals surface area (Å²) in [5.74, 6) is 0. The van der Waals surface area contributed by atoms with Gasteiger partial charge < -0.3 is 15.0 Å². The van der Waals surface area contributed by atoms with E-state index in [-0.39, 0.29) is 19.1 Å². The third kappa shape index (κ3) is 5.08. The molecule has 0 aliphatic carbocycles. The van der Waals surface area contributed by atoms with Crippen LogP contribution in [-0.2, 0) is 10.9 Å². The van der Waals surface area contributed by atoms with Gasteiger partial charge >= 0.3 is 6.18 Å². The van der Waals surface area contributed by atoms with Crippen LogP contribution in [0.3, 0.4) is 0 Å². The maximum Gasteiger partial charge on any atom is 0.416 e. The second-order valence-corrected chi connectivity index (χ2v) is 5.82. The van der Waals surface area contributed by atoms with Crippen molar-refractivity contribution in [3.63, 3.8) is 0 Å². The van der Waals surface area contributed by atoms with E-state index in [1.165, 1.54) is 11.0 Å². The predicted molar refractivity (Wildman–Crippen MR) is 88.6 cm³/mol. The Morgan fingerprint density at radius 3 is 2.88 bits per heavy atom. The third-order valence-corrected chi connectivity index (χ3v) is 4.05. The Hall–Kier alpha value is -1.85. The van der Waals surface area contributed by atoms with Crippen molar-refractivity contribution in [2.75, 3.05) is 24.6 Å². The van der Waals surface area contributed by atoms with Crippen LogP contribution >= 0.6 is 12.2 Å². The highest BCUT2D eigenvalue weighted by Crippen LogP contribution is 2.31. The van der Waals surface area contributed by atoms with Crippen LogP contribution in [0.25, 0.3) is 0 Å². The van der Waals surface area contributed by atoms with E-state index < -0.39 is 11.7 Å². The Balaban J connectivity index is 2.11. The van der Waals surface area contributed by atoms with Crippen molar-refractivity contribution in [3.8, 4) is 6.07 Å². The molecule has 0 amide bonds. The molecule has 24 heavy (non-hydrogen) atoms. The smallest absolute Gasteiger partial charge is 0.376 e. The first-order chi connectivity index (χ1) is 11.4. The van der Waals surface area contributed by atoms with E-state index >= 15 is 0 Å². The maximum absolute atomic E-state index is 12.9. The zero-order valence-electron chi connectivity index (χ0n) is 13.0. The van der Waals surface area contributed by atoms with Crippen molar-refractivity contribution >= 4 is 23.0 Å². The van der Waals surface area contributed by atoms with E-state index in [0.29, 0.717) is 24.0 Å². The van der Waals surface area contributed by atoms with Gasteiger partial charge in [0.1, 0.15) is 0 Å². The summed E-state index contributed by atoms with van der Waals surface area (Å²) < 4.78 is 44.2. The topological polar surface area (TPSA) is 48.3 Å². The van der Waals surface area contributed by atoms with E-state index in [4.69, 9.17) is 22.2 Å². The largest absolute Gasteiger partial charge is 0.416 e. The maximum atomic E-state index is 12.9. The van der Waals surface area contributed by atoms with Crippen LogP contribution in [0.5, 0.6) is 0 Å². The summed E-state index contributed by atoms with van der Waals surface area (Å²) in [5, 5.41) is 12.1. The van der Waals surface area contributed by atoms with Gasteiger partial charge in [0.05, 0.1) is 24.2 Å². The lowest BCUT2D eigenvalue weighted by Crippen LogP contribution is -2.43. The molecule has 0 unspecified atom stereocenters. The van der Waals surface area contributed by atoms with Crippen LogP contribution < -0.4 is 10.2 Å². The van der Waals surface area contributed by atoms with E-state index in [2.05, 4.69) is 5.32 Å². The number of benzene rings is 1. The molecule has 130 valence electrons. The van der Waals surface area contributed by atoms with Crippen molar-refractivity contribution in [2.24, 2.45) is 0 Å². The molecule has 1 aliphatic rings. The number of hydrogen-bond acceptors (Lipinski definition) is 3. The van der Waals surface area contributed by atoms with Crippen LogP contribution in [0.15, 0.2) is 24.3 Å². The molecule has 0 bridgehead atoms.